The summed E-state index contributed by atoms with van der Waals surface area (Å²) >= 11 is 0. The van der Waals surface area contributed by atoms with E-state index in [9.17, 15) is 9.59 Å². The molecule has 0 unspecified atom stereocenters. The first-order valence-corrected chi connectivity index (χ1v) is 10.7. The van der Waals surface area contributed by atoms with E-state index in [1.54, 1.807) is 48.5 Å². The largest absolute Gasteiger partial charge is 0.494 e. The van der Waals surface area contributed by atoms with Gasteiger partial charge in [0.1, 0.15) is 17.2 Å². The number of nitrogens with zero attached hydrogens (tertiary/aromatic N) is 1. The van der Waals surface area contributed by atoms with Crippen molar-refractivity contribution in [2.24, 2.45) is 0 Å². The van der Waals surface area contributed by atoms with Crippen LogP contribution in [0.25, 0.3) is 0 Å². The second-order valence-corrected chi connectivity index (χ2v) is 7.63. The van der Waals surface area contributed by atoms with Crippen LogP contribution in [0.4, 0.5) is 11.4 Å². The van der Waals surface area contributed by atoms with E-state index in [1.165, 1.54) is 0 Å². The standard InChI is InChI=1S/C26H23N3O4/c27-17-18-6-9-21(10-7-18)33-23-4-1-3-20(16-23)28-25(30)5-2-14-32-22-11-12-24-19(15-22)8-13-26(31)29-24/h1,3-4,6-7,9-12,15-16H,2,5,8,13-14H2,(H,28,30)(H,29,31). The van der Waals surface area contributed by atoms with Gasteiger partial charge in [0, 0.05) is 30.3 Å². The van der Waals surface area contributed by atoms with Crippen molar-refractivity contribution >= 4 is 23.2 Å². The third-order valence-electron chi connectivity index (χ3n) is 5.13. The van der Waals surface area contributed by atoms with E-state index in [0.717, 1.165) is 17.0 Å². The Kier molecular flexibility index (Phi) is 6.86. The lowest BCUT2D eigenvalue weighted by Crippen LogP contribution is -2.18. The van der Waals surface area contributed by atoms with Crippen molar-refractivity contribution in [3.63, 3.8) is 0 Å². The number of benzene rings is 3. The lowest BCUT2D eigenvalue weighted by molar-refractivity contribution is -0.117. The van der Waals surface area contributed by atoms with Gasteiger partial charge >= 0.3 is 0 Å². The highest BCUT2D eigenvalue weighted by molar-refractivity contribution is 5.94. The summed E-state index contributed by atoms with van der Waals surface area (Å²) in [4.78, 5) is 23.8. The number of hydrogen-bond acceptors (Lipinski definition) is 5. The molecule has 2 amide bonds. The first kappa shape index (κ1) is 21.9. The van der Waals surface area contributed by atoms with Crippen molar-refractivity contribution < 1.29 is 19.1 Å². The lowest BCUT2D eigenvalue weighted by atomic mass is 10.0. The number of fused-ring (bicyclic) bond motifs is 1. The average Bonchev–Trinajstić information content (AvgIpc) is 2.82. The minimum atomic E-state index is -0.109. The summed E-state index contributed by atoms with van der Waals surface area (Å²) in [6.45, 7) is 0.417. The van der Waals surface area contributed by atoms with E-state index in [4.69, 9.17) is 14.7 Å². The lowest BCUT2D eigenvalue weighted by Gasteiger charge is -2.17. The maximum absolute atomic E-state index is 12.3. The Morgan fingerprint density at radius 3 is 2.64 bits per heavy atom. The Hall–Kier alpha value is -4.31. The minimum absolute atomic E-state index is 0.0357. The van der Waals surface area contributed by atoms with Gasteiger partial charge in [0.05, 0.1) is 18.2 Å². The molecule has 0 atom stereocenters. The molecule has 0 radical (unpaired) electrons. The number of hydrogen-bond donors (Lipinski definition) is 2. The van der Waals surface area contributed by atoms with Crippen LogP contribution in [0.15, 0.2) is 66.7 Å². The molecular weight excluding hydrogens is 418 g/mol. The molecule has 0 saturated carbocycles. The summed E-state index contributed by atoms with van der Waals surface area (Å²) in [6, 6.07) is 21.6. The molecule has 1 heterocycles. The van der Waals surface area contributed by atoms with Crippen LogP contribution in [0.5, 0.6) is 17.2 Å². The normalized spacial score (nSPS) is 12.2. The molecule has 166 valence electrons. The molecule has 0 bridgehead atoms. The molecule has 7 heteroatoms. The number of carbonyl (C=O) groups is 2. The molecule has 0 fully saturated rings. The zero-order chi connectivity index (χ0) is 23.0. The second kappa shape index (κ2) is 10.3. The zero-order valence-corrected chi connectivity index (χ0v) is 18.0. The highest BCUT2D eigenvalue weighted by Gasteiger charge is 2.15. The average molecular weight is 441 g/mol. The third-order valence-corrected chi connectivity index (χ3v) is 5.13. The van der Waals surface area contributed by atoms with Gasteiger partial charge in [0.15, 0.2) is 0 Å². The van der Waals surface area contributed by atoms with Crippen molar-refractivity contribution in [1.82, 2.24) is 0 Å². The summed E-state index contributed by atoms with van der Waals surface area (Å²) in [5, 5.41) is 14.6. The fourth-order valence-electron chi connectivity index (χ4n) is 3.47. The van der Waals surface area contributed by atoms with Gasteiger partial charge in [0.2, 0.25) is 11.8 Å². The van der Waals surface area contributed by atoms with Crippen molar-refractivity contribution in [1.29, 1.82) is 5.26 Å². The van der Waals surface area contributed by atoms with Gasteiger partial charge < -0.3 is 20.1 Å². The Bertz CT molecular complexity index is 1200. The Morgan fingerprint density at radius 1 is 1.00 bits per heavy atom. The smallest absolute Gasteiger partial charge is 0.224 e. The van der Waals surface area contributed by atoms with Crippen LogP contribution in [0.2, 0.25) is 0 Å². The Morgan fingerprint density at radius 2 is 1.82 bits per heavy atom. The monoisotopic (exact) mass is 441 g/mol. The topological polar surface area (TPSA) is 100 Å². The predicted molar refractivity (Wildman–Crippen MR) is 124 cm³/mol. The number of amides is 2. The molecule has 1 aliphatic heterocycles. The zero-order valence-electron chi connectivity index (χ0n) is 18.0. The Labute approximate surface area is 192 Å². The summed E-state index contributed by atoms with van der Waals surface area (Å²) < 4.78 is 11.6. The minimum Gasteiger partial charge on any atom is -0.494 e. The van der Waals surface area contributed by atoms with Crippen LogP contribution in [0.1, 0.15) is 30.4 Å². The van der Waals surface area contributed by atoms with Gasteiger partial charge in [0.25, 0.3) is 0 Å². The highest BCUT2D eigenvalue weighted by atomic mass is 16.5. The molecule has 0 spiro atoms. The van der Waals surface area contributed by atoms with Gasteiger partial charge in [-0.25, -0.2) is 0 Å². The maximum Gasteiger partial charge on any atom is 0.224 e. The van der Waals surface area contributed by atoms with Crippen LogP contribution in [-0.2, 0) is 16.0 Å². The Balaban J connectivity index is 1.22. The van der Waals surface area contributed by atoms with Gasteiger partial charge in [-0.05, 0) is 73.0 Å². The molecule has 0 saturated heterocycles. The summed E-state index contributed by atoms with van der Waals surface area (Å²) in [5.41, 5.74) is 3.10. The summed E-state index contributed by atoms with van der Waals surface area (Å²) in [5.74, 6) is 1.86. The molecule has 0 aromatic heterocycles. The first-order chi connectivity index (χ1) is 16.1. The van der Waals surface area contributed by atoms with Crippen molar-refractivity contribution in [2.45, 2.75) is 25.7 Å². The van der Waals surface area contributed by atoms with Crippen LogP contribution in [0, 0.1) is 11.3 Å². The molecule has 1 aliphatic rings. The summed E-state index contributed by atoms with van der Waals surface area (Å²) in [6.07, 6.45) is 2.08. The molecule has 3 aromatic rings. The molecule has 33 heavy (non-hydrogen) atoms. The molecule has 4 rings (SSSR count). The number of rotatable bonds is 8. The fourth-order valence-corrected chi connectivity index (χ4v) is 3.47. The quantitative estimate of drug-likeness (QED) is 0.478. The van der Waals surface area contributed by atoms with Crippen molar-refractivity contribution in [3.8, 4) is 23.3 Å². The maximum atomic E-state index is 12.3. The van der Waals surface area contributed by atoms with Gasteiger partial charge in [-0.1, -0.05) is 6.07 Å². The highest BCUT2D eigenvalue weighted by Crippen LogP contribution is 2.27. The SMILES string of the molecule is N#Cc1ccc(Oc2cccc(NC(=O)CCCOc3ccc4c(c3)CCC(=O)N4)c2)cc1. The van der Waals surface area contributed by atoms with Crippen LogP contribution in [-0.4, -0.2) is 18.4 Å². The fraction of sp³-hybridized carbons (Fsp3) is 0.192. The van der Waals surface area contributed by atoms with Crippen LogP contribution < -0.4 is 20.1 Å². The van der Waals surface area contributed by atoms with E-state index < -0.39 is 0 Å². The predicted octanol–water partition coefficient (Wildman–Crippen LogP) is 5.03. The van der Waals surface area contributed by atoms with Crippen molar-refractivity contribution in [2.75, 3.05) is 17.2 Å². The first-order valence-electron chi connectivity index (χ1n) is 10.7. The molecule has 7 nitrogen and oxygen atoms in total. The van der Waals surface area contributed by atoms with E-state index in [-0.39, 0.29) is 11.8 Å². The number of nitriles is 1. The summed E-state index contributed by atoms with van der Waals surface area (Å²) in [7, 11) is 0. The van der Waals surface area contributed by atoms with Gasteiger partial charge in [-0.15, -0.1) is 0 Å². The molecule has 0 aliphatic carbocycles. The van der Waals surface area contributed by atoms with E-state index in [1.807, 2.05) is 18.2 Å². The molecule has 2 N–H and O–H groups in total. The molecular formula is C26H23N3O4. The van der Waals surface area contributed by atoms with Gasteiger partial charge in [-0.3, -0.25) is 9.59 Å². The number of anilines is 2. The number of carbonyl (C=O) groups excluding carboxylic acids is 2. The number of ether oxygens (including phenoxy) is 2. The van der Waals surface area contributed by atoms with E-state index in [0.29, 0.717) is 55.0 Å². The number of aryl methyl sites for hydroxylation is 1. The molecule has 3 aromatic carbocycles. The number of nitrogens with one attached hydrogen (secondary N) is 2. The van der Waals surface area contributed by atoms with Crippen LogP contribution >= 0.6 is 0 Å². The van der Waals surface area contributed by atoms with E-state index in [2.05, 4.69) is 16.7 Å². The van der Waals surface area contributed by atoms with Crippen molar-refractivity contribution in [3.05, 3.63) is 77.9 Å². The second-order valence-electron chi connectivity index (χ2n) is 7.63. The van der Waals surface area contributed by atoms with Crippen LogP contribution in [0.3, 0.4) is 0 Å². The van der Waals surface area contributed by atoms with Gasteiger partial charge in [-0.2, -0.15) is 5.26 Å². The third kappa shape index (κ3) is 6.11. The van der Waals surface area contributed by atoms with E-state index >= 15 is 0 Å².